The Labute approximate surface area is 151 Å². The summed E-state index contributed by atoms with van der Waals surface area (Å²) in [6.07, 6.45) is 3.92. The molecule has 26 heavy (non-hydrogen) atoms. The van der Waals surface area contributed by atoms with E-state index in [0.29, 0.717) is 5.82 Å². The summed E-state index contributed by atoms with van der Waals surface area (Å²) in [5.74, 6) is 0.325. The molecule has 1 saturated heterocycles. The van der Waals surface area contributed by atoms with E-state index in [1.807, 2.05) is 26.0 Å². The highest BCUT2D eigenvalue weighted by molar-refractivity contribution is 5.78. The van der Waals surface area contributed by atoms with Crippen molar-refractivity contribution >= 4 is 0 Å². The number of pyridine rings is 1. The van der Waals surface area contributed by atoms with Gasteiger partial charge in [0.1, 0.15) is 5.82 Å². The summed E-state index contributed by atoms with van der Waals surface area (Å²) in [4.78, 5) is 12.1. The summed E-state index contributed by atoms with van der Waals surface area (Å²) in [6.45, 7) is 4.05. The Hall–Kier alpha value is -2.57. The van der Waals surface area contributed by atoms with Crippen molar-refractivity contribution in [2.45, 2.75) is 38.8 Å². The quantitative estimate of drug-likeness (QED) is 0.754. The van der Waals surface area contributed by atoms with Gasteiger partial charge in [0.25, 0.3) is 0 Å². The maximum absolute atomic E-state index is 13.3. The summed E-state index contributed by atoms with van der Waals surface area (Å²) in [6, 6.07) is 10.1. The van der Waals surface area contributed by atoms with Crippen molar-refractivity contribution in [3.8, 4) is 22.5 Å². The number of halogens is 1. The summed E-state index contributed by atoms with van der Waals surface area (Å²) >= 11 is 0. The fourth-order valence-corrected chi connectivity index (χ4v) is 3.21. The number of aromatic nitrogens is 3. The number of hydrogen-bond donors (Lipinski definition) is 1. The molecule has 0 amide bonds. The van der Waals surface area contributed by atoms with Crippen LogP contribution >= 0.6 is 0 Å². The summed E-state index contributed by atoms with van der Waals surface area (Å²) in [7, 11) is 0. The predicted molar refractivity (Wildman–Crippen MR) is 95.7 cm³/mol. The van der Waals surface area contributed by atoms with E-state index < -0.39 is 6.29 Å². The maximum Gasteiger partial charge on any atom is 0.217 e. The first-order valence-corrected chi connectivity index (χ1v) is 8.67. The van der Waals surface area contributed by atoms with Crippen LogP contribution in [0.5, 0.6) is 0 Å². The zero-order chi connectivity index (χ0) is 18.1. The maximum atomic E-state index is 13.3. The molecule has 6 heteroatoms. The molecule has 0 bridgehead atoms. The molecule has 1 N–H and O–H groups in total. The Bertz CT molecular complexity index is 870. The molecule has 0 radical (unpaired) electrons. The van der Waals surface area contributed by atoms with Gasteiger partial charge in [-0.25, -0.2) is 9.37 Å². The van der Waals surface area contributed by atoms with Gasteiger partial charge in [-0.2, -0.15) is 0 Å². The SMILES string of the molecule is C[C@@H]1C[C@@H](C)OC(c2nc(-c3ccc(F)cc3)c(-c3ccncc3)[nH]2)O1. The first-order chi connectivity index (χ1) is 12.6. The number of nitrogens with zero attached hydrogens (tertiary/aromatic N) is 2. The number of hydrogen-bond acceptors (Lipinski definition) is 4. The number of aromatic amines is 1. The van der Waals surface area contributed by atoms with Gasteiger partial charge < -0.3 is 14.5 Å². The molecule has 0 aliphatic carbocycles. The predicted octanol–water partition coefficient (Wildman–Crippen LogP) is 4.49. The van der Waals surface area contributed by atoms with Crippen LogP contribution in [-0.2, 0) is 9.47 Å². The second-order valence-corrected chi connectivity index (χ2v) is 6.55. The zero-order valence-corrected chi connectivity index (χ0v) is 14.6. The minimum atomic E-state index is -0.552. The van der Waals surface area contributed by atoms with E-state index in [1.165, 1.54) is 12.1 Å². The van der Waals surface area contributed by atoms with Crippen LogP contribution < -0.4 is 0 Å². The van der Waals surface area contributed by atoms with E-state index >= 15 is 0 Å². The average Bonchev–Trinajstić information content (AvgIpc) is 3.08. The fourth-order valence-electron chi connectivity index (χ4n) is 3.21. The second kappa shape index (κ2) is 6.97. The summed E-state index contributed by atoms with van der Waals surface area (Å²) in [5, 5.41) is 0. The smallest absolute Gasteiger partial charge is 0.217 e. The van der Waals surface area contributed by atoms with Gasteiger partial charge in [0.2, 0.25) is 6.29 Å². The molecule has 0 spiro atoms. The normalized spacial score (nSPS) is 23.1. The van der Waals surface area contributed by atoms with Crippen LogP contribution in [0.1, 0.15) is 32.4 Å². The van der Waals surface area contributed by atoms with Crippen molar-refractivity contribution in [1.29, 1.82) is 0 Å². The van der Waals surface area contributed by atoms with Crippen LogP contribution in [0, 0.1) is 5.82 Å². The van der Waals surface area contributed by atoms with Crippen LogP contribution in [0.4, 0.5) is 4.39 Å². The van der Waals surface area contributed by atoms with Crippen molar-refractivity contribution < 1.29 is 13.9 Å². The van der Waals surface area contributed by atoms with Crippen LogP contribution in [0.15, 0.2) is 48.8 Å². The molecule has 2 atom stereocenters. The van der Waals surface area contributed by atoms with E-state index in [1.54, 1.807) is 24.5 Å². The molecule has 2 aromatic heterocycles. The number of benzene rings is 1. The lowest BCUT2D eigenvalue weighted by molar-refractivity contribution is -0.242. The second-order valence-electron chi connectivity index (χ2n) is 6.55. The molecule has 1 aromatic carbocycles. The minimum absolute atomic E-state index is 0.0903. The van der Waals surface area contributed by atoms with Crippen LogP contribution in [0.3, 0.4) is 0 Å². The summed E-state index contributed by atoms with van der Waals surface area (Å²) in [5.41, 5.74) is 3.31. The number of H-pyrrole nitrogens is 1. The Morgan fingerprint density at radius 2 is 1.62 bits per heavy atom. The van der Waals surface area contributed by atoms with E-state index in [9.17, 15) is 4.39 Å². The molecule has 0 saturated carbocycles. The summed E-state index contributed by atoms with van der Waals surface area (Å²) < 4.78 is 25.2. The molecule has 4 rings (SSSR count). The van der Waals surface area contributed by atoms with Crippen LogP contribution in [0.25, 0.3) is 22.5 Å². The molecule has 1 fully saturated rings. The van der Waals surface area contributed by atoms with Crippen molar-refractivity contribution in [2.24, 2.45) is 0 Å². The van der Waals surface area contributed by atoms with Gasteiger partial charge >= 0.3 is 0 Å². The fraction of sp³-hybridized carbons (Fsp3) is 0.300. The van der Waals surface area contributed by atoms with Gasteiger partial charge in [-0.3, -0.25) is 4.98 Å². The molecule has 3 aromatic rings. The lowest BCUT2D eigenvalue weighted by Gasteiger charge is -2.31. The van der Waals surface area contributed by atoms with E-state index in [4.69, 9.17) is 14.5 Å². The van der Waals surface area contributed by atoms with Crippen molar-refractivity contribution in [2.75, 3.05) is 0 Å². The molecule has 5 nitrogen and oxygen atoms in total. The Morgan fingerprint density at radius 1 is 0.962 bits per heavy atom. The average molecular weight is 353 g/mol. The molecular formula is C20H20FN3O2. The minimum Gasteiger partial charge on any atom is -0.343 e. The monoisotopic (exact) mass is 353 g/mol. The first kappa shape index (κ1) is 16.9. The number of nitrogens with one attached hydrogen (secondary N) is 1. The van der Waals surface area contributed by atoms with E-state index in [-0.39, 0.29) is 18.0 Å². The van der Waals surface area contributed by atoms with Gasteiger partial charge in [0.15, 0.2) is 5.82 Å². The number of imidazole rings is 1. The highest BCUT2D eigenvalue weighted by Crippen LogP contribution is 2.35. The standard InChI is InChI=1S/C20H20FN3O2/c1-12-11-13(2)26-20(25-12)19-23-17(14-3-5-16(21)6-4-14)18(24-19)15-7-9-22-10-8-15/h3-10,12-13,20H,11H2,1-2H3,(H,23,24)/t12-,13-/m1/s1. The lowest BCUT2D eigenvalue weighted by atomic mass is 10.1. The molecule has 134 valence electrons. The third-order valence-electron chi connectivity index (χ3n) is 4.41. The molecule has 0 unspecified atom stereocenters. The van der Waals surface area contributed by atoms with E-state index in [2.05, 4.69) is 9.97 Å². The third-order valence-corrected chi connectivity index (χ3v) is 4.41. The molecule has 1 aliphatic heterocycles. The van der Waals surface area contributed by atoms with Gasteiger partial charge in [-0.1, -0.05) is 0 Å². The van der Waals surface area contributed by atoms with E-state index in [0.717, 1.165) is 28.9 Å². The Balaban J connectivity index is 1.79. The first-order valence-electron chi connectivity index (χ1n) is 8.67. The largest absolute Gasteiger partial charge is 0.343 e. The molecular weight excluding hydrogens is 333 g/mol. The van der Waals surface area contributed by atoms with Crippen LogP contribution in [0.2, 0.25) is 0 Å². The third kappa shape index (κ3) is 3.38. The number of rotatable bonds is 3. The lowest BCUT2D eigenvalue weighted by Crippen LogP contribution is -2.30. The molecule has 1 aliphatic rings. The van der Waals surface area contributed by atoms with Gasteiger partial charge in [0, 0.05) is 23.5 Å². The Kier molecular flexibility index (Phi) is 4.53. The molecule has 3 heterocycles. The van der Waals surface area contributed by atoms with Crippen LogP contribution in [-0.4, -0.2) is 27.2 Å². The van der Waals surface area contributed by atoms with Gasteiger partial charge in [-0.05, 0) is 56.7 Å². The van der Waals surface area contributed by atoms with Gasteiger partial charge in [-0.15, -0.1) is 0 Å². The highest BCUT2D eigenvalue weighted by atomic mass is 19.1. The topological polar surface area (TPSA) is 60.0 Å². The van der Waals surface area contributed by atoms with Crippen molar-refractivity contribution in [3.63, 3.8) is 0 Å². The van der Waals surface area contributed by atoms with Crippen molar-refractivity contribution in [1.82, 2.24) is 15.0 Å². The Morgan fingerprint density at radius 3 is 2.27 bits per heavy atom. The van der Waals surface area contributed by atoms with Crippen molar-refractivity contribution in [3.05, 3.63) is 60.4 Å². The highest BCUT2D eigenvalue weighted by Gasteiger charge is 2.29. The number of ether oxygens (including phenoxy) is 2. The zero-order valence-electron chi connectivity index (χ0n) is 14.6. The van der Waals surface area contributed by atoms with Gasteiger partial charge in [0.05, 0.1) is 23.6 Å².